The van der Waals surface area contributed by atoms with Crippen LogP contribution in [0.4, 0.5) is 4.39 Å². The van der Waals surface area contributed by atoms with Gasteiger partial charge in [-0.05, 0) is 43.4 Å². The van der Waals surface area contributed by atoms with Crippen LogP contribution in [0.3, 0.4) is 0 Å². The Balaban J connectivity index is 2.52. The van der Waals surface area contributed by atoms with Gasteiger partial charge in [-0.3, -0.25) is 0 Å². The van der Waals surface area contributed by atoms with Gasteiger partial charge in [0.15, 0.2) is 0 Å². The van der Waals surface area contributed by atoms with Crippen LogP contribution in [0.1, 0.15) is 24.0 Å². The molecule has 0 saturated heterocycles. The number of nitrogens with two attached hydrogens (primary N) is 1. The standard InChI is InChI=1S/C14H20FNO/c1-11-10-13(5-3-4-12(2)16)6-7-14(11)17-9-8-15/h6-7,10H,2-5,8-9,16H2,1H3. The van der Waals surface area contributed by atoms with Gasteiger partial charge in [-0.15, -0.1) is 0 Å². The predicted octanol–water partition coefficient (Wildman–Crippen LogP) is 3.14. The fraction of sp³-hybridized carbons (Fsp3) is 0.429. The van der Waals surface area contributed by atoms with Crippen LogP contribution in [0, 0.1) is 6.92 Å². The summed E-state index contributed by atoms with van der Waals surface area (Å²) in [6.07, 6.45) is 2.82. The molecule has 0 atom stereocenters. The van der Waals surface area contributed by atoms with Crippen molar-refractivity contribution in [3.63, 3.8) is 0 Å². The van der Waals surface area contributed by atoms with E-state index in [4.69, 9.17) is 10.5 Å². The van der Waals surface area contributed by atoms with Gasteiger partial charge in [0.1, 0.15) is 19.0 Å². The topological polar surface area (TPSA) is 35.2 Å². The summed E-state index contributed by atoms with van der Waals surface area (Å²) in [5, 5.41) is 0. The fourth-order valence-corrected chi connectivity index (χ4v) is 1.70. The van der Waals surface area contributed by atoms with Gasteiger partial charge < -0.3 is 10.5 Å². The predicted molar refractivity (Wildman–Crippen MR) is 68.9 cm³/mol. The third-order valence-corrected chi connectivity index (χ3v) is 2.54. The molecule has 0 spiro atoms. The molecule has 2 N–H and O–H groups in total. The van der Waals surface area contributed by atoms with Gasteiger partial charge in [-0.2, -0.15) is 0 Å². The molecular weight excluding hydrogens is 217 g/mol. The Morgan fingerprint density at radius 1 is 1.47 bits per heavy atom. The highest BCUT2D eigenvalue weighted by molar-refractivity contribution is 5.36. The SMILES string of the molecule is C=C(N)CCCc1ccc(OCCF)c(C)c1. The van der Waals surface area contributed by atoms with E-state index in [0.29, 0.717) is 0 Å². The molecule has 0 aliphatic heterocycles. The first-order valence-electron chi connectivity index (χ1n) is 5.85. The van der Waals surface area contributed by atoms with Crippen molar-refractivity contribution in [1.29, 1.82) is 0 Å². The van der Waals surface area contributed by atoms with Crippen LogP contribution in [-0.2, 0) is 6.42 Å². The molecule has 1 rings (SSSR count). The van der Waals surface area contributed by atoms with Crippen molar-refractivity contribution in [1.82, 2.24) is 0 Å². The summed E-state index contributed by atoms with van der Waals surface area (Å²) in [5.41, 5.74) is 8.53. The molecular formula is C14H20FNO. The average molecular weight is 237 g/mol. The highest BCUT2D eigenvalue weighted by atomic mass is 19.1. The first-order chi connectivity index (χ1) is 8.13. The zero-order valence-corrected chi connectivity index (χ0v) is 10.3. The van der Waals surface area contributed by atoms with Crippen molar-refractivity contribution in [3.05, 3.63) is 41.6 Å². The molecule has 3 heteroatoms. The lowest BCUT2D eigenvalue weighted by atomic mass is 10.0. The Morgan fingerprint density at radius 3 is 2.82 bits per heavy atom. The molecule has 0 aliphatic carbocycles. The third-order valence-electron chi connectivity index (χ3n) is 2.54. The molecule has 0 unspecified atom stereocenters. The van der Waals surface area contributed by atoms with Gasteiger partial charge in [-0.1, -0.05) is 18.7 Å². The van der Waals surface area contributed by atoms with E-state index in [1.54, 1.807) is 0 Å². The number of benzene rings is 1. The van der Waals surface area contributed by atoms with Crippen molar-refractivity contribution >= 4 is 0 Å². The van der Waals surface area contributed by atoms with Gasteiger partial charge >= 0.3 is 0 Å². The number of hydrogen-bond acceptors (Lipinski definition) is 2. The monoisotopic (exact) mass is 237 g/mol. The highest BCUT2D eigenvalue weighted by Crippen LogP contribution is 2.20. The molecule has 0 aliphatic rings. The smallest absolute Gasteiger partial charge is 0.123 e. The van der Waals surface area contributed by atoms with Crippen LogP contribution in [0.15, 0.2) is 30.5 Å². The maximum Gasteiger partial charge on any atom is 0.123 e. The molecule has 0 fully saturated rings. The van der Waals surface area contributed by atoms with E-state index in [-0.39, 0.29) is 6.61 Å². The summed E-state index contributed by atoms with van der Waals surface area (Å²) in [5.74, 6) is 0.759. The molecule has 0 bridgehead atoms. The van der Waals surface area contributed by atoms with Gasteiger partial charge in [-0.25, -0.2) is 4.39 Å². The molecule has 2 nitrogen and oxygen atoms in total. The summed E-state index contributed by atoms with van der Waals surface area (Å²) >= 11 is 0. The number of ether oxygens (including phenoxy) is 1. The first kappa shape index (κ1) is 13.6. The second-order valence-electron chi connectivity index (χ2n) is 4.15. The number of allylic oxidation sites excluding steroid dienone is 1. The van der Waals surface area contributed by atoms with Gasteiger partial charge in [0.2, 0.25) is 0 Å². The molecule has 0 aromatic heterocycles. The zero-order chi connectivity index (χ0) is 12.7. The van der Waals surface area contributed by atoms with Crippen molar-refractivity contribution in [3.8, 4) is 5.75 Å². The molecule has 0 radical (unpaired) electrons. The minimum atomic E-state index is -0.459. The summed E-state index contributed by atoms with van der Waals surface area (Å²) < 4.78 is 17.3. The second-order valence-corrected chi connectivity index (χ2v) is 4.15. The maximum atomic E-state index is 12.0. The van der Waals surface area contributed by atoms with Crippen molar-refractivity contribution in [2.24, 2.45) is 5.73 Å². The van der Waals surface area contributed by atoms with Crippen molar-refractivity contribution < 1.29 is 9.13 Å². The lowest BCUT2D eigenvalue weighted by molar-refractivity contribution is 0.272. The summed E-state index contributed by atoms with van der Waals surface area (Å²) in [6.45, 7) is 5.30. The van der Waals surface area contributed by atoms with Gasteiger partial charge in [0, 0.05) is 5.70 Å². The minimum Gasteiger partial charge on any atom is -0.491 e. The molecule has 0 amide bonds. The van der Waals surface area contributed by atoms with Crippen LogP contribution in [0.5, 0.6) is 5.75 Å². The fourth-order valence-electron chi connectivity index (χ4n) is 1.70. The van der Waals surface area contributed by atoms with Gasteiger partial charge in [0.25, 0.3) is 0 Å². The second kappa shape index (κ2) is 6.94. The zero-order valence-electron chi connectivity index (χ0n) is 10.3. The average Bonchev–Trinajstić information content (AvgIpc) is 2.27. The number of hydrogen-bond donors (Lipinski definition) is 1. The number of rotatable bonds is 7. The van der Waals surface area contributed by atoms with E-state index >= 15 is 0 Å². The van der Waals surface area contributed by atoms with E-state index in [9.17, 15) is 4.39 Å². The molecule has 0 heterocycles. The van der Waals surface area contributed by atoms with Gasteiger partial charge in [0.05, 0.1) is 0 Å². The Labute approximate surface area is 102 Å². The number of aryl methyl sites for hydroxylation is 2. The van der Waals surface area contributed by atoms with E-state index in [1.807, 2.05) is 19.1 Å². The maximum absolute atomic E-state index is 12.0. The lowest BCUT2D eigenvalue weighted by Crippen LogP contribution is -2.01. The molecule has 17 heavy (non-hydrogen) atoms. The van der Waals surface area contributed by atoms with Crippen molar-refractivity contribution in [2.45, 2.75) is 26.2 Å². The summed E-state index contributed by atoms with van der Waals surface area (Å²) in [6, 6.07) is 5.99. The third kappa shape index (κ3) is 4.89. The molecule has 94 valence electrons. The Hall–Kier alpha value is -1.51. The highest BCUT2D eigenvalue weighted by Gasteiger charge is 2.01. The van der Waals surface area contributed by atoms with Crippen LogP contribution >= 0.6 is 0 Å². The van der Waals surface area contributed by atoms with Crippen LogP contribution < -0.4 is 10.5 Å². The quantitative estimate of drug-likeness (QED) is 0.790. The first-order valence-corrected chi connectivity index (χ1v) is 5.85. The lowest BCUT2D eigenvalue weighted by Gasteiger charge is -2.09. The minimum absolute atomic E-state index is 0.118. The molecule has 0 saturated carbocycles. The Bertz CT molecular complexity index is 376. The van der Waals surface area contributed by atoms with E-state index < -0.39 is 6.67 Å². The summed E-state index contributed by atoms with van der Waals surface area (Å²) in [7, 11) is 0. The van der Waals surface area contributed by atoms with Crippen LogP contribution in [0.25, 0.3) is 0 Å². The Morgan fingerprint density at radius 2 is 2.24 bits per heavy atom. The molecule has 1 aromatic rings. The normalized spacial score (nSPS) is 10.2. The number of alkyl halides is 1. The largest absolute Gasteiger partial charge is 0.491 e. The van der Waals surface area contributed by atoms with Crippen LogP contribution in [-0.4, -0.2) is 13.3 Å². The summed E-state index contributed by atoms with van der Waals surface area (Å²) in [4.78, 5) is 0. The van der Waals surface area contributed by atoms with E-state index in [0.717, 1.165) is 36.3 Å². The molecule has 1 aromatic carbocycles. The van der Waals surface area contributed by atoms with Crippen molar-refractivity contribution in [2.75, 3.05) is 13.3 Å². The van der Waals surface area contributed by atoms with Crippen LogP contribution in [0.2, 0.25) is 0 Å². The van der Waals surface area contributed by atoms with E-state index in [2.05, 4.69) is 12.6 Å². The van der Waals surface area contributed by atoms with E-state index in [1.165, 1.54) is 5.56 Å². The number of halogens is 1. The Kier molecular flexibility index (Phi) is 5.53.